The van der Waals surface area contributed by atoms with E-state index in [0.29, 0.717) is 11.0 Å². The van der Waals surface area contributed by atoms with E-state index >= 15 is 0 Å². The van der Waals surface area contributed by atoms with Gasteiger partial charge in [-0.05, 0) is 31.2 Å². The first kappa shape index (κ1) is 28.5. The number of aromatic nitrogens is 1. The van der Waals surface area contributed by atoms with Gasteiger partial charge in [0.25, 0.3) is 5.91 Å². The van der Waals surface area contributed by atoms with Gasteiger partial charge < -0.3 is 9.80 Å². The molecular weight excluding hydrogens is 553 g/mol. The number of carbonyl (C=O) groups is 2. The molecule has 37 heavy (non-hydrogen) atoms. The van der Waals surface area contributed by atoms with Gasteiger partial charge >= 0.3 is 22.5 Å². The first-order valence-electron chi connectivity index (χ1n) is 10.2. The predicted octanol–water partition coefficient (Wildman–Crippen LogP) is 2.83. The maximum atomic E-state index is 14.6. The van der Waals surface area contributed by atoms with Gasteiger partial charge in [-0.25, -0.2) is 23.7 Å². The molecule has 202 valence electrons. The summed E-state index contributed by atoms with van der Waals surface area (Å²) in [5.74, 6) is -3.89. The molecule has 1 aliphatic rings. The summed E-state index contributed by atoms with van der Waals surface area (Å²) in [6.07, 6.45) is -4.81. The third kappa shape index (κ3) is 6.26. The van der Waals surface area contributed by atoms with Gasteiger partial charge in [-0.3, -0.25) is 13.9 Å². The van der Waals surface area contributed by atoms with E-state index in [1.54, 1.807) is 0 Å². The van der Waals surface area contributed by atoms with Gasteiger partial charge in [0, 0.05) is 19.3 Å². The van der Waals surface area contributed by atoms with Crippen molar-refractivity contribution in [3.05, 3.63) is 52.2 Å². The lowest BCUT2D eigenvalue weighted by atomic mass is 10.1. The number of likely N-dealkylation sites (N-methyl/N-ethyl adjacent to an activating group) is 1. The molecule has 1 unspecified atom stereocenters. The SMILES string of the molecule is Cc1cc(C(F)(F)F)cc(N2C(=O)N(CCOS(N)(=O)=O)CC2C(=O)N(C)c2ccc(F)c(Cl)c2F)n1. The number of halogens is 6. The molecule has 17 heteroatoms. The molecule has 1 fully saturated rings. The van der Waals surface area contributed by atoms with Crippen molar-refractivity contribution in [2.75, 3.05) is 36.5 Å². The number of aryl methyl sites for hydroxylation is 1. The zero-order valence-corrected chi connectivity index (χ0v) is 20.7. The fourth-order valence-electron chi connectivity index (χ4n) is 3.61. The lowest BCUT2D eigenvalue weighted by Gasteiger charge is -2.27. The third-order valence-electron chi connectivity index (χ3n) is 5.30. The third-order valence-corrected chi connectivity index (χ3v) is 6.14. The van der Waals surface area contributed by atoms with E-state index in [4.69, 9.17) is 16.7 Å². The van der Waals surface area contributed by atoms with E-state index in [9.17, 15) is 40.0 Å². The molecule has 2 aromatic rings. The molecular formula is C20H19ClF5N5O5S. The van der Waals surface area contributed by atoms with Crippen molar-refractivity contribution in [3.63, 3.8) is 0 Å². The predicted molar refractivity (Wildman–Crippen MR) is 121 cm³/mol. The normalized spacial score (nSPS) is 16.5. The number of hydrogen-bond donors (Lipinski definition) is 1. The number of urea groups is 1. The van der Waals surface area contributed by atoms with Crippen LogP contribution in [0.5, 0.6) is 0 Å². The second kappa shape index (κ2) is 10.4. The highest BCUT2D eigenvalue weighted by Gasteiger charge is 2.45. The lowest BCUT2D eigenvalue weighted by molar-refractivity contribution is -0.137. The average Bonchev–Trinajstić information content (AvgIpc) is 3.11. The van der Waals surface area contributed by atoms with Gasteiger partial charge in [0.2, 0.25) is 0 Å². The fraction of sp³-hybridized carbons (Fsp3) is 0.350. The monoisotopic (exact) mass is 571 g/mol. The van der Waals surface area contributed by atoms with Gasteiger partial charge in [0.1, 0.15) is 22.7 Å². The molecule has 3 amide bonds. The number of pyridine rings is 1. The Morgan fingerprint density at radius 2 is 1.95 bits per heavy atom. The van der Waals surface area contributed by atoms with Crippen LogP contribution in [0.15, 0.2) is 24.3 Å². The second-order valence-electron chi connectivity index (χ2n) is 7.87. The molecule has 0 bridgehead atoms. The Labute approximate surface area is 212 Å². The van der Waals surface area contributed by atoms with Crippen LogP contribution >= 0.6 is 11.6 Å². The highest BCUT2D eigenvalue weighted by molar-refractivity contribution is 7.84. The molecule has 1 aliphatic heterocycles. The zero-order chi connectivity index (χ0) is 27.9. The Hall–Kier alpha value is -3.08. The van der Waals surface area contributed by atoms with Crippen LogP contribution in [0.3, 0.4) is 0 Å². The summed E-state index contributed by atoms with van der Waals surface area (Å²) in [6, 6.07) is 0.460. The van der Waals surface area contributed by atoms with E-state index in [2.05, 4.69) is 9.17 Å². The van der Waals surface area contributed by atoms with Crippen molar-refractivity contribution in [3.8, 4) is 0 Å². The number of carbonyl (C=O) groups excluding carboxylic acids is 2. The molecule has 1 aromatic heterocycles. The number of hydrogen-bond acceptors (Lipinski definition) is 6. The first-order chi connectivity index (χ1) is 17.0. The van der Waals surface area contributed by atoms with Crippen LogP contribution in [0.25, 0.3) is 0 Å². The van der Waals surface area contributed by atoms with Crippen molar-refractivity contribution >= 4 is 45.3 Å². The number of rotatable bonds is 7. The van der Waals surface area contributed by atoms with E-state index < -0.39 is 87.9 Å². The summed E-state index contributed by atoms with van der Waals surface area (Å²) >= 11 is 5.58. The molecule has 0 spiro atoms. The molecule has 1 aromatic carbocycles. The molecule has 10 nitrogen and oxygen atoms in total. The first-order valence-corrected chi connectivity index (χ1v) is 12.1. The van der Waals surface area contributed by atoms with E-state index in [1.165, 1.54) is 6.92 Å². The van der Waals surface area contributed by atoms with Crippen LogP contribution in [-0.4, -0.2) is 63.0 Å². The minimum Gasteiger partial charge on any atom is -0.319 e. The number of anilines is 2. The van der Waals surface area contributed by atoms with E-state index in [1.807, 2.05) is 0 Å². The summed E-state index contributed by atoms with van der Waals surface area (Å²) in [5.41, 5.74) is -1.73. The number of nitrogens with two attached hydrogens (primary N) is 1. The summed E-state index contributed by atoms with van der Waals surface area (Å²) in [4.78, 5) is 32.8. The number of alkyl halides is 3. The zero-order valence-electron chi connectivity index (χ0n) is 19.1. The number of benzene rings is 1. The summed E-state index contributed by atoms with van der Waals surface area (Å²) < 4.78 is 94.9. The second-order valence-corrected chi connectivity index (χ2v) is 9.47. The van der Waals surface area contributed by atoms with Crippen LogP contribution in [-0.2, 0) is 25.5 Å². The fourth-order valence-corrected chi connectivity index (χ4v) is 4.07. The highest BCUT2D eigenvalue weighted by Crippen LogP contribution is 2.34. The quantitative estimate of drug-likeness (QED) is 0.402. The van der Waals surface area contributed by atoms with Crippen LogP contribution in [0.1, 0.15) is 11.3 Å². The van der Waals surface area contributed by atoms with Crippen LogP contribution in [0.4, 0.5) is 38.3 Å². The largest absolute Gasteiger partial charge is 0.416 e. The highest BCUT2D eigenvalue weighted by atomic mass is 35.5. The van der Waals surface area contributed by atoms with Crippen molar-refractivity contribution < 1.29 is 44.1 Å². The van der Waals surface area contributed by atoms with Gasteiger partial charge in [-0.1, -0.05) is 11.6 Å². The minimum atomic E-state index is -4.81. The summed E-state index contributed by atoms with van der Waals surface area (Å²) in [7, 11) is -3.27. The minimum absolute atomic E-state index is 0.121. The molecule has 2 heterocycles. The van der Waals surface area contributed by atoms with Crippen molar-refractivity contribution in [1.82, 2.24) is 9.88 Å². The maximum absolute atomic E-state index is 14.6. The molecule has 0 aliphatic carbocycles. The Balaban J connectivity index is 2.03. The molecule has 3 rings (SSSR count). The van der Waals surface area contributed by atoms with E-state index in [-0.39, 0.29) is 5.69 Å². The van der Waals surface area contributed by atoms with Gasteiger partial charge in [-0.2, -0.15) is 21.6 Å². The van der Waals surface area contributed by atoms with Crippen molar-refractivity contribution in [2.45, 2.75) is 19.1 Å². The van der Waals surface area contributed by atoms with Crippen molar-refractivity contribution in [1.29, 1.82) is 0 Å². The smallest absolute Gasteiger partial charge is 0.319 e. The van der Waals surface area contributed by atoms with Crippen molar-refractivity contribution in [2.24, 2.45) is 5.14 Å². The maximum Gasteiger partial charge on any atom is 0.416 e. The lowest BCUT2D eigenvalue weighted by Crippen LogP contribution is -2.47. The topological polar surface area (TPSA) is 126 Å². The Morgan fingerprint density at radius 1 is 1.30 bits per heavy atom. The molecule has 2 N–H and O–H groups in total. The Morgan fingerprint density at radius 3 is 2.54 bits per heavy atom. The van der Waals surface area contributed by atoms with Crippen LogP contribution < -0.4 is 14.9 Å². The summed E-state index contributed by atoms with van der Waals surface area (Å²) in [5, 5.41) is 3.85. The standard InChI is InChI=1S/C20H19ClF5N5O5S/c1-10-7-11(20(24,25)26)8-15(28-10)31-14(9-30(19(31)33)5-6-36-37(27,34)35)18(32)29(2)13-4-3-12(22)16(21)17(13)23/h3-4,7-8,14H,5-6,9H2,1-2H3,(H2,27,34,35). The van der Waals surface area contributed by atoms with Gasteiger partial charge in [-0.15, -0.1) is 0 Å². The van der Waals surface area contributed by atoms with Gasteiger partial charge in [0.05, 0.1) is 24.4 Å². The Kier molecular flexibility index (Phi) is 7.97. The van der Waals surface area contributed by atoms with Crippen LogP contribution in [0, 0.1) is 18.6 Å². The molecule has 0 saturated carbocycles. The van der Waals surface area contributed by atoms with Gasteiger partial charge in [0.15, 0.2) is 5.82 Å². The molecule has 0 radical (unpaired) electrons. The van der Waals surface area contributed by atoms with E-state index in [0.717, 1.165) is 35.0 Å². The van der Waals surface area contributed by atoms with Crippen LogP contribution in [0.2, 0.25) is 5.02 Å². The molecule has 1 atom stereocenters. The number of nitrogens with zero attached hydrogens (tertiary/aromatic N) is 4. The summed E-state index contributed by atoms with van der Waals surface area (Å²) in [6.45, 7) is -0.264. The molecule has 1 saturated heterocycles. The average molecular weight is 572 g/mol. The Bertz CT molecular complexity index is 1340. The number of amides is 3.